The minimum atomic E-state index is -3.60. The average Bonchev–Trinajstić information content (AvgIpc) is 2.73. The number of anilines is 2. The van der Waals surface area contributed by atoms with Gasteiger partial charge in [-0.05, 0) is 43.2 Å². The highest BCUT2D eigenvalue weighted by atomic mass is 32.2. The molecule has 0 N–H and O–H groups in total. The summed E-state index contributed by atoms with van der Waals surface area (Å²) in [6, 6.07) is 16.7. The molecule has 156 valence electrons. The van der Waals surface area contributed by atoms with Gasteiger partial charge in [0, 0.05) is 31.9 Å². The minimum absolute atomic E-state index is 0.164. The summed E-state index contributed by atoms with van der Waals surface area (Å²) in [5.41, 5.74) is 2.79. The summed E-state index contributed by atoms with van der Waals surface area (Å²) < 4.78 is 26.2. The molecule has 7 heteroatoms. The summed E-state index contributed by atoms with van der Waals surface area (Å²) in [6.45, 7) is 6.32. The maximum Gasteiger partial charge on any atom is 0.246 e. The van der Waals surface area contributed by atoms with Crippen LogP contribution in [0.25, 0.3) is 0 Å². The number of para-hydroxylation sites is 1. The van der Waals surface area contributed by atoms with Crippen molar-refractivity contribution in [2.24, 2.45) is 0 Å². The number of carbonyl (C=O) groups is 1. The lowest BCUT2D eigenvalue weighted by Crippen LogP contribution is -2.55. The van der Waals surface area contributed by atoms with Crippen LogP contribution in [0.5, 0.6) is 0 Å². The Labute approximate surface area is 173 Å². The van der Waals surface area contributed by atoms with Crippen LogP contribution in [-0.2, 0) is 21.2 Å². The zero-order chi connectivity index (χ0) is 21.0. The molecule has 0 aromatic heterocycles. The largest absolute Gasteiger partial charge is 0.368 e. The van der Waals surface area contributed by atoms with E-state index in [1.54, 1.807) is 24.0 Å². The SMILES string of the molecule is CCc1ccc(N([C@H](C)C(=O)N2CCN(c3ccccc3)CC2)S(C)(=O)=O)cc1. The summed E-state index contributed by atoms with van der Waals surface area (Å²) in [4.78, 5) is 17.1. The quantitative estimate of drug-likeness (QED) is 0.728. The fourth-order valence-electron chi connectivity index (χ4n) is 3.77. The molecule has 0 radical (unpaired) electrons. The van der Waals surface area contributed by atoms with Crippen LogP contribution in [0, 0.1) is 0 Å². The molecule has 1 aliphatic rings. The molecular weight excluding hydrogens is 386 g/mol. The van der Waals surface area contributed by atoms with E-state index in [1.807, 2.05) is 37.3 Å². The maximum absolute atomic E-state index is 13.1. The van der Waals surface area contributed by atoms with Gasteiger partial charge in [-0.3, -0.25) is 9.10 Å². The average molecular weight is 416 g/mol. The van der Waals surface area contributed by atoms with Crippen LogP contribution in [0.2, 0.25) is 0 Å². The first-order valence-corrected chi connectivity index (χ1v) is 11.8. The smallest absolute Gasteiger partial charge is 0.246 e. The van der Waals surface area contributed by atoms with E-state index in [0.717, 1.165) is 37.0 Å². The van der Waals surface area contributed by atoms with E-state index in [4.69, 9.17) is 0 Å². The molecule has 0 bridgehead atoms. The molecule has 0 aliphatic carbocycles. The third-order valence-electron chi connectivity index (χ3n) is 5.38. The number of nitrogens with zero attached hydrogens (tertiary/aromatic N) is 3. The monoisotopic (exact) mass is 415 g/mol. The van der Waals surface area contributed by atoms with Crippen LogP contribution in [0.1, 0.15) is 19.4 Å². The third-order valence-corrected chi connectivity index (χ3v) is 6.62. The van der Waals surface area contributed by atoms with E-state index in [2.05, 4.69) is 17.0 Å². The van der Waals surface area contributed by atoms with Gasteiger partial charge in [-0.2, -0.15) is 0 Å². The third kappa shape index (κ3) is 4.90. The van der Waals surface area contributed by atoms with Crippen LogP contribution in [0.15, 0.2) is 54.6 Å². The number of hydrogen-bond acceptors (Lipinski definition) is 4. The van der Waals surface area contributed by atoms with E-state index >= 15 is 0 Å². The fourth-order valence-corrected chi connectivity index (χ4v) is 4.94. The van der Waals surface area contributed by atoms with Crippen LogP contribution in [0.3, 0.4) is 0 Å². The highest BCUT2D eigenvalue weighted by Gasteiger charge is 2.33. The van der Waals surface area contributed by atoms with Crippen LogP contribution in [-0.4, -0.2) is 57.7 Å². The maximum atomic E-state index is 13.1. The molecule has 2 aromatic rings. The lowest BCUT2D eigenvalue weighted by Gasteiger charge is -2.39. The molecule has 1 heterocycles. The van der Waals surface area contributed by atoms with Crippen LogP contribution >= 0.6 is 0 Å². The zero-order valence-corrected chi connectivity index (χ0v) is 18.1. The number of amides is 1. The molecule has 0 spiro atoms. The Balaban J connectivity index is 1.73. The van der Waals surface area contributed by atoms with Crippen molar-refractivity contribution in [1.29, 1.82) is 0 Å². The number of carbonyl (C=O) groups excluding carboxylic acids is 1. The van der Waals surface area contributed by atoms with Gasteiger partial charge in [0.25, 0.3) is 0 Å². The number of rotatable bonds is 6. The van der Waals surface area contributed by atoms with Gasteiger partial charge in [0.2, 0.25) is 15.9 Å². The summed E-state index contributed by atoms with van der Waals surface area (Å²) in [6.07, 6.45) is 2.02. The Morgan fingerprint density at radius 3 is 2.10 bits per heavy atom. The second-order valence-electron chi connectivity index (χ2n) is 7.40. The number of hydrogen-bond donors (Lipinski definition) is 0. The van der Waals surface area contributed by atoms with Gasteiger partial charge in [-0.15, -0.1) is 0 Å². The van der Waals surface area contributed by atoms with E-state index in [0.29, 0.717) is 18.8 Å². The molecule has 2 aromatic carbocycles. The van der Waals surface area contributed by atoms with Gasteiger partial charge in [-0.25, -0.2) is 8.42 Å². The summed E-state index contributed by atoms with van der Waals surface area (Å²) in [5, 5.41) is 0. The van der Waals surface area contributed by atoms with Crippen molar-refractivity contribution in [1.82, 2.24) is 4.90 Å². The first-order chi connectivity index (χ1) is 13.8. The Bertz CT molecular complexity index is 922. The lowest BCUT2D eigenvalue weighted by atomic mass is 10.1. The first-order valence-electron chi connectivity index (χ1n) is 9.98. The van der Waals surface area contributed by atoms with Crippen molar-refractivity contribution in [3.8, 4) is 0 Å². The number of aryl methyl sites for hydroxylation is 1. The van der Waals surface area contributed by atoms with E-state index < -0.39 is 16.1 Å². The van der Waals surface area contributed by atoms with E-state index in [9.17, 15) is 13.2 Å². The van der Waals surface area contributed by atoms with Crippen LogP contribution < -0.4 is 9.21 Å². The topological polar surface area (TPSA) is 60.9 Å². The first kappa shape index (κ1) is 21.2. The molecule has 6 nitrogen and oxygen atoms in total. The number of sulfonamides is 1. The van der Waals surface area contributed by atoms with Gasteiger partial charge < -0.3 is 9.80 Å². The highest BCUT2D eigenvalue weighted by molar-refractivity contribution is 7.92. The van der Waals surface area contributed by atoms with Crippen molar-refractivity contribution >= 4 is 27.3 Å². The van der Waals surface area contributed by atoms with Crippen molar-refractivity contribution in [3.63, 3.8) is 0 Å². The standard InChI is InChI=1S/C22H29N3O3S/c1-4-19-10-12-21(13-11-19)25(29(3,27)28)18(2)22(26)24-16-14-23(15-17-24)20-8-6-5-7-9-20/h5-13,18H,4,14-17H2,1-3H3/t18-/m1/s1. The molecular formula is C22H29N3O3S. The predicted octanol–water partition coefficient (Wildman–Crippen LogP) is 2.75. The van der Waals surface area contributed by atoms with Crippen molar-refractivity contribution in [2.75, 3.05) is 41.6 Å². The van der Waals surface area contributed by atoms with Gasteiger partial charge in [-0.1, -0.05) is 37.3 Å². The molecule has 1 saturated heterocycles. The second-order valence-corrected chi connectivity index (χ2v) is 9.26. The fraction of sp³-hybridized carbons (Fsp3) is 0.409. The van der Waals surface area contributed by atoms with Crippen molar-refractivity contribution < 1.29 is 13.2 Å². The molecule has 3 rings (SSSR count). The minimum Gasteiger partial charge on any atom is -0.368 e. The molecule has 0 unspecified atom stereocenters. The molecule has 1 amide bonds. The summed E-state index contributed by atoms with van der Waals surface area (Å²) in [5.74, 6) is -0.164. The van der Waals surface area contributed by atoms with Gasteiger partial charge in [0.15, 0.2) is 0 Å². The van der Waals surface area contributed by atoms with E-state index in [1.165, 1.54) is 4.31 Å². The predicted molar refractivity (Wildman–Crippen MR) is 118 cm³/mol. The van der Waals surface area contributed by atoms with E-state index in [-0.39, 0.29) is 5.91 Å². The lowest BCUT2D eigenvalue weighted by molar-refractivity contribution is -0.132. The molecule has 1 atom stereocenters. The number of piperazine rings is 1. The molecule has 1 fully saturated rings. The highest BCUT2D eigenvalue weighted by Crippen LogP contribution is 2.23. The van der Waals surface area contributed by atoms with Crippen molar-refractivity contribution in [2.45, 2.75) is 26.3 Å². The Kier molecular flexibility index (Phi) is 6.47. The van der Waals surface area contributed by atoms with Gasteiger partial charge in [0.05, 0.1) is 11.9 Å². The van der Waals surface area contributed by atoms with Crippen molar-refractivity contribution in [3.05, 3.63) is 60.2 Å². The van der Waals surface area contributed by atoms with Gasteiger partial charge >= 0.3 is 0 Å². The summed E-state index contributed by atoms with van der Waals surface area (Å²) in [7, 11) is -3.60. The number of benzene rings is 2. The zero-order valence-electron chi connectivity index (χ0n) is 17.3. The van der Waals surface area contributed by atoms with Gasteiger partial charge in [0.1, 0.15) is 6.04 Å². The van der Waals surface area contributed by atoms with Crippen LogP contribution in [0.4, 0.5) is 11.4 Å². The molecule has 1 aliphatic heterocycles. The Morgan fingerprint density at radius 2 is 1.59 bits per heavy atom. The Hall–Kier alpha value is -2.54. The normalized spacial score (nSPS) is 15.8. The Morgan fingerprint density at radius 1 is 1.00 bits per heavy atom. The second kappa shape index (κ2) is 8.86. The summed E-state index contributed by atoms with van der Waals surface area (Å²) >= 11 is 0. The molecule has 29 heavy (non-hydrogen) atoms. The molecule has 0 saturated carbocycles.